The van der Waals surface area contributed by atoms with Crippen molar-refractivity contribution in [2.45, 2.75) is 24.9 Å². The standard InChI is InChI=1S/C39H40N3O3PS/c1-43-32-15-21-35(22-16-32)46(36-23-17-33(44-2)18-24-36,37-25-19-34(45-3)20-26-37)40-28-31-14-27-38(29-10-6-4-7-11-29)42(31)39(47)41-30-12-8-5-9-13-30/h4-13,15-26,31,38H,14,27-28H2,1-3H3,(H,41,47)/t31-,38-/m0/s1. The van der Waals surface area contributed by atoms with E-state index in [1.54, 1.807) is 21.3 Å². The van der Waals surface area contributed by atoms with E-state index >= 15 is 0 Å². The Labute approximate surface area is 283 Å². The molecule has 6 rings (SSSR count). The molecule has 0 saturated carbocycles. The summed E-state index contributed by atoms with van der Waals surface area (Å²) < 4.78 is 22.5. The molecule has 47 heavy (non-hydrogen) atoms. The minimum absolute atomic E-state index is 0.0954. The van der Waals surface area contributed by atoms with Crippen molar-refractivity contribution in [3.63, 3.8) is 0 Å². The Bertz CT molecular complexity index is 1690. The average Bonchev–Trinajstić information content (AvgIpc) is 3.57. The first-order valence-corrected chi connectivity index (χ1v) is 17.9. The second kappa shape index (κ2) is 14.9. The van der Waals surface area contributed by atoms with Crippen LogP contribution in [0.4, 0.5) is 5.69 Å². The first kappa shape index (κ1) is 32.4. The quantitative estimate of drug-likeness (QED) is 0.122. The molecule has 5 aromatic carbocycles. The van der Waals surface area contributed by atoms with Crippen molar-refractivity contribution < 1.29 is 14.2 Å². The highest BCUT2D eigenvalue weighted by atomic mass is 32.1. The molecule has 0 aliphatic carbocycles. The number of nitrogens with one attached hydrogen (secondary N) is 1. The topological polar surface area (TPSA) is 55.3 Å². The summed E-state index contributed by atoms with van der Waals surface area (Å²) in [5.41, 5.74) is 2.23. The van der Waals surface area contributed by atoms with Crippen LogP contribution < -0.4 is 35.4 Å². The van der Waals surface area contributed by atoms with E-state index < -0.39 is 7.05 Å². The van der Waals surface area contributed by atoms with Crippen LogP contribution in [0, 0.1) is 0 Å². The summed E-state index contributed by atoms with van der Waals surface area (Å²) in [7, 11) is 2.54. The van der Waals surface area contributed by atoms with Gasteiger partial charge in [0.1, 0.15) is 17.2 Å². The van der Waals surface area contributed by atoms with Gasteiger partial charge in [-0.2, -0.15) is 0 Å². The van der Waals surface area contributed by atoms with Crippen molar-refractivity contribution in [3.05, 3.63) is 139 Å². The second-order valence-corrected chi connectivity index (χ2v) is 14.9. The van der Waals surface area contributed by atoms with Crippen LogP contribution in [0.25, 0.3) is 0 Å². The molecular formula is C39H40N3O3PS. The minimum atomic E-state index is -2.54. The van der Waals surface area contributed by atoms with Crippen LogP contribution in [-0.4, -0.2) is 43.9 Å². The van der Waals surface area contributed by atoms with Crippen LogP contribution in [0.5, 0.6) is 17.2 Å². The van der Waals surface area contributed by atoms with Gasteiger partial charge in [-0.25, -0.2) is 0 Å². The zero-order valence-corrected chi connectivity index (χ0v) is 28.7. The number of hydrogen-bond donors (Lipinski definition) is 1. The summed E-state index contributed by atoms with van der Waals surface area (Å²) in [6.07, 6.45) is 1.95. The Hall–Kier alpha value is -4.58. The Balaban J connectivity index is 1.49. The van der Waals surface area contributed by atoms with Crippen molar-refractivity contribution in [2.75, 3.05) is 33.2 Å². The second-order valence-electron chi connectivity index (χ2n) is 11.4. The van der Waals surface area contributed by atoms with Gasteiger partial charge in [0.05, 0.1) is 47.0 Å². The number of likely N-dealkylation sites (tertiary alicyclic amines) is 1. The number of benzene rings is 5. The number of nitrogens with zero attached hydrogens (tertiary/aromatic N) is 2. The van der Waals surface area contributed by atoms with E-state index in [2.05, 4.69) is 76.9 Å². The molecule has 0 spiro atoms. The molecule has 2 atom stereocenters. The molecule has 0 aromatic heterocycles. The Kier molecular flexibility index (Phi) is 10.3. The van der Waals surface area contributed by atoms with E-state index in [0.717, 1.165) is 51.7 Å². The van der Waals surface area contributed by atoms with Crippen LogP contribution in [0.15, 0.2) is 138 Å². The van der Waals surface area contributed by atoms with Crippen molar-refractivity contribution in [2.24, 2.45) is 4.74 Å². The highest BCUT2D eigenvalue weighted by Crippen LogP contribution is 2.48. The molecule has 6 nitrogen and oxygen atoms in total. The largest absolute Gasteiger partial charge is 0.497 e. The molecule has 1 N–H and O–H groups in total. The van der Waals surface area contributed by atoms with Crippen LogP contribution in [0.3, 0.4) is 0 Å². The van der Waals surface area contributed by atoms with Gasteiger partial charge < -0.3 is 24.4 Å². The third-order valence-electron chi connectivity index (χ3n) is 8.79. The molecule has 240 valence electrons. The molecule has 5 aromatic rings. The van der Waals surface area contributed by atoms with Gasteiger partial charge in [0.25, 0.3) is 0 Å². The van der Waals surface area contributed by atoms with Crippen molar-refractivity contribution >= 4 is 46.0 Å². The number of thiocarbonyl (C=S) groups is 1. The third-order valence-corrected chi connectivity index (χ3v) is 12.8. The summed E-state index contributed by atoms with van der Waals surface area (Å²) in [5, 5.41) is 7.66. The van der Waals surface area contributed by atoms with E-state index in [1.807, 2.05) is 66.7 Å². The van der Waals surface area contributed by atoms with Gasteiger partial charge in [-0.1, -0.05) is 48.5 Å². The number of ether oxygens (including phenoxy) is 3. The normalized spacial score (nSPS) is 15.9. The lowest BCUT2D eigenvalue weighted by molar-refractivity contribution is 0.328. The zero-order chi connectivity index (χ0) is 32.6. The van der Waals surface area contributed by atoms with Gasteiger partial charge in [0.2, 0.25) is 0 Å². The third kappa shape index (κ3) is 6.92. The average molecular weight is 662 g/mol. The predicted octanol–water partition coefficient (Wildman–Crippen LogP) is 7.79. The number of rotatable bonds is 10. The molecule has 8 heteroatoms. The highest BCUT2D eigenvalue weighted by Gasteiger charge is 2.37. The molecule has 1 saturated heterocycles. The van der Waals surface area contributed by atoms with Crippen LogP contribution >= 0.6 is 19.3 Å². The van der Waals surface area contributed by atoms with Gasteiger partial charge in [-0.05, 0) is 116 Å². The molecular weight excluding hydrogens is 621 g/mol. The number of hydrogen-bond acceptors (Lipinski definition) is 5. The van der Waals surface area contributed by atoms with E-state index in [4.69, 9.17) is 31.2 Å². The minimum Gasteiger partial charge on any atom is -0.497 e. The maximum atomic E-state index is 6.16. The fourth-order valence-electron chi connectivity index (χ4n) is 6.38. The van der Waals surface area contributed by atoms with E-state index in [0.29, 0.717) is 11.7 Å². The van der Waals surface area contributed by atoms with E-state index in [-0.39, 0.29) is 12.1 Å². The number of methoxy groups -OCH3 is 3. The molecule has 1 aliphatic heterocycles. The molecule has 1 heterocycles. The number of para-hydroxylation sites is 1. The summed E-state index contributed by atoms with van der Waals surface area (Å²) in [5.74, 6) is 2.42. The van der Waals surface area contributed by atoms with Crippen LogP contribution in [0.2, 0.25) is 0 Å². The monoisotopic (exact) mass is 661 g/mol. The maximum Gasteiger partial charge on any atom is 0.174 e. The van der Waals surface area contributed by atoms with Gasteiger partial charge in [-0.15, -0.1) is 0 Å². The van der Waals surface area contributed by atoms with Crippen LogP contribution in [0.1, 0.15) is 24.4 Å². The molecule has 0 radical (unpaired) electrons. The smallest absolute Gasteiger partial charge is 0.174 e. The fraction of sp³-hybridized carbons (Fsp3) is 0.205. The predicted molar refractivity (Wildman–Crippen MR) is 199 cm³/mol. The van der Waals surface area contributed by atoms with Crippen molar-refractivity contribution in [1.29, 1.82) is 0 Å². The maximum absolute atomic E-state index is 6.16. The molecule has 1 fully saturated rings. The Morgan fingerprint density at radius 1 is 0.660 bits per heavy atom. The lowest BCUT2D eigenvalue weighted by Gasteiger charge is -2.34. The number of anilines is 1. The van der Waals surface area contributed by atoms with Crippen LogP contribution in [-0.2, 0) is 0 Å². The molecule has 0 bridgehead atoms. The highest BCUT2D eigenvalue weighted by molar-refractivity contribution is 7.87. The van der Waals surface area contributed by atoms with E-state index in [1.165, 1.54) is 5.56 Å². The molecule has 0 amide bonds. The van der Waals surface area contributed by atoms with Gasteiger partial charge in [0, 0.05) is 21.6 Å². The van der Waals surface area contributed by atoms with Crippen molar-refractivity contribution in [3.8, 4) is 17.2 Å². The summed E-state index contributed by atoms with van der Waals surface area (Å²) in [6.45, 7) is 0.595. The van der Waals surface area contributed by atoms with Gasteiger partial charge in [-0.3, -0.25) is 4.74 Å². The lowest BCUT2D eigenvalue weighted by Crippen LogP contribution is -2.41. The Morgan fingerprint density at radius 3 is 1.55 bits per heavy atom. The summed E-state index contributed by atoms with van der Waals surface area (Å²) in [4.78, 5) is 2.38. The van der Waals surface area contributed by atoms with Gasteiger partial charge >= 0.3 is 0 Å². The van der Waals surface area contributed by atoms with Crippen molar-refractivity contribution in [1.82, 2.24) is 4.90 Å². The summed E-state index contributed by atoms with van der Waals surface area (Å²) >= 11 is 6.16. The first-order valence-electron chi connectivity index (χ1n) is 15.8. The zero-order valence-electron chi connectivity index (χ0n) is 27.0. The van der Waals surface area contributed by atoms with Gasteiger partial charge in [0.15, 0.2) is 5.11 Å². The summed E-state index contributed by atoms with van der Waals surface area (Å²) in [6, 6.07) is 46.2. The fourth-order valence-corrected chi connectivity index (χ4v) is 10.3. The molecule has 1 aliphatic rings. The lowest BCUT2D eigenvalue weighted by atomic mass is 10.1. The molecule has 0 unspecified atom stereocenters. The Morgan fingerprint density at radius 2 is 1.11 bits per heavy atom. The SMILES string of the molecule is COc1ccc(P(=NC[C@@H]2CC[C@@H](c3ccccc3)N2C(=S)Nc2ccccc2)(c2ccc(OC)cc2)c2ccc(OC)cc2)cc1. The van der Waals surface area contributed by atoms with E-state index in [9.17, 15) is 0 Å². The first-order chi connectivity index (χ1) is 23.0.